The summed E-state index contributed by atoms with van der Waals surface area (Å²) in [6.45, 7) is 0.703. The maximum absolute atomic E-state index is 13.8. The van der Waals surface area contributed by atoms with E-state index in [0.29, 0.717) is 25.9 Å². The number of halogens is 1. The number of carbonyl (C=O) groups is 3. The quantitative estimate of drug-likeness (QED) is 0.538. The van der Waals surface area contributed by atoms with Gasteiger partial charge in [-0.15, -0.1) is 0 Å². The number of carbonyl (C=O) groups excluding carboxylic acids is 3. The average Bonchev–Trinajstić information content (AvgIpc) is 3.19. The van der Waals surface area contributed by atoms with Gasteiger partial charge in [-0.2, -0.15) is 4.39 Å². The van der Waals surface area contributed by atoms with E-state index in [4.69, 9.17) is 9.47 Å². The van der Waals surface area contributed by atoms with Gasteiger partial charge in [-0.25, -0.2) is 14.6 Å². The molecule has 4 rings (SSSR count). The molecule has 2 fully saturated rings. The molecule has 0 spiro atoms. The summed E-state index contributed by atoms with van der Waals surface area (Å²) in [5.74, 6) is -1.77. The van der Waals surface area contributed by atoms with Crippen LogP contribution in [0, 0.1) is 5.95 Å². The van der Waals surface area contributed by atoms with Crippen molar-refractivity contribution in [2.45, 2.75) is 31.5 Å². The van der Waals surface area contributed by atoms with Crippen LogP contribution < -0.4 is 0 Å². The summed E-state index contributed by atoms with van der Waals surface area (Å²) in [7, 11) is 0. The fraction of sp³-hybridized carbons (Fsp3) is 0.364. The highest BCUT2D eigenvalue weighted by atomic mass is 19.1. The number of hydrogen-bond acceptors (Lipinski definition) is 6. The summed E-state index contributed by atoms with van der Waals surface area (Å²) in [6, 6.07) is 11.1. The molecule has 2 saturated heterocycles. The maximum atomic E-state index is 13.8. The highest BCUT2D eigenvalue weighted by molar-refractivity contribution is 5.94. The Bertz CT molecular complexity index is 963. The number of hydrogen-bond donors (Lipinski definition) is 0. The summed E-state index contributed by atoms with van der Waals surface area (Å²) in [4.78, 5) is 43.9. The van der Waals surface area contributed by atoms with E-state index < -0.39 is 30.0 Å². The van der Waals surface area contributed by atoms with E-state index in [0.717, 1.165) is 5.56 Å². The number of benzene rings is 1. The monoisotopic (exact) mass is 427 g/mol. The lowest BCUT2D eigenvalue weighted by Gasteiger charge is -2.37. The van der Waals surface area contributed by atoms with E-state index in [-0.39, 0.29) is 24.8 Å². The van der Waals surface area contributed by atoms with E-state index in [9.17, 15) is 18.8 Å². The first-order valence-electron chi connectivity index (χ1n) is 10.1. The number of likely N-dealkylation sites (tertiary alicyclic amines) is 1. The van der Waals surface area contributed by atoms with Crippen LogP contribution in [0.15, 0.2) is 48.7 Å². The number of piperidine rings is 1. The highest BCUT2D eigenvalue weighted by Crippen LogP contribution is 2.26. The Labute approximate surface area is 178 Å². The molecule has 2 aliphatic heterocycles. The number of nitrogens with zero attached hydrogens (tertiary/aromatic N) is 3. The maximum Gasteiger partial charge on any atom is 0.410 e. The standard InChI is InChI=1S/C22H22FN3O5/c23-19-17(7-4-10-24-19)20(27)25-11-8-16(9-12-25)26-18(14-31-22(26)29)21(28)30-13-15-5-2-1-3-6-15/h1-7,10,16,18H,8-9,11-14H2/t18-/m0/s1. The van der Waals surface area contributed by atoms with Crippen LogP contribution in [-0.4, -0.2) is 64.5 Å². The zero-order valence-electron chi connectivity index (χ0n) is 16.8. The largest absolute Gasteiger partial charge is 0.459 e. The number of cyclic esters (lactones) is 1. The average molecular weight is 427 g/mol. The van der Waals surface area contributed by atoms with Crippen LogP contribution in [0.25, 0.3) is 0 Å². The molecule has 0 bridgehead atoms. The minimum atomic E-state index is -0.820. The third-order valence-corrected chi connectivity index (χ3v) is 5.54. The van der Waals surface area contributed by atoms with Crippen molar-refractivity contribution in [2.24, 2.45) is 0 Å². The van der Waals surface area contributed by atoms with Gasteiger partial charge in [0.05, 0.1) is 5.56 Å². The minimum Gasteiger partial charge on any atom is -0.459 e. The van der Waals surface area contributed by atoms with Crippen molar-refractivity contribution in [3.63, 3.8) is 0 Å². The predicted molar refractivity (Wildman–Crippen MR) is 106 cm³/mol. The summed E-state index contributed by atoms with van der Waals surface area (Å²) < 4.78 is 24.3. The third-order valence-electron chi connectivity index (χ3n) is 5.54. The van der Waals surface area contributed by atoms with Gasteiger partial charge in [0.25, 0.3) is 5.91 Å². The van der Waals surface area contributed by atoms with E-state index >= 15 is 0 Å². The fourth-order valence-electron chi connectivity index (χ4n) is 3.91. The van der Waals surface area contributed by atoms with Gasteiger partial charge in [0.15, 0.2) is 6.04 Å². The lowest BCUT2D eigenvalue weighted by molar-refractivity contribution is -0.150. The lowest BCUT2D eigenvalue weighted by Crippen LogP contribution is -2.52. The Morgan fingerprint density at radius 1 is 1.13 bits per heavy atom. The summed E-state index contributed by atoms with van der Waals surface area (Å²) in [5.41, 5.74) is 0.769. The normalized spacial score (nSPS) is 19.3. The van der Waals surface area contributed by atoms with Crippen LogP contribution in [0.3, 0.4) is 0 Å². The lowest BCUT2D eigenvalue weighted by atomic mass is 10.0. The molecule has 0 radical (unpaired) electrons. The number of pyridine rings is 1. The number of esters is 1. The zero-order chi connectivity index (χ0) is 21.8. The number of rotatable bonds is 5. The van der Waals surface area contributed by atoms with Crippen molar-refractivity contribution >= 4 is 18.0 Å². The van der Waals surface area contributed by atoms with Crippen molar-refractivity contribution in [1.29, 1.82) is 0 Å². The van der Waals surface area contributed by atoms with Gasteiger partial charge in [0.2, 0.25) is 5.95 Å². The molecule has 0 aliphatic carbocycles. The molecule has 1 aromatic carbocycles. The van der Waals surface area contributed by atoms with Crippen LogP contribution in [0.1, 0.15) is 28.8 Å². The first-order chi connectivity index (χ1) is 15.0. The molecule has 1 atom stereocenters. The second-order valence-electron chi connectivity index (χ2n) is 7.46. The van der Waals surface area contributed by atoms with Crippen molar-refractivity contribution in [2.75, 3.05) is 19.7 Å². The zero-order valence-corrected chi connectivity index (χ0v) is 16.8. The Kier molecular flexibility index (Phi) is 6.11. The molecular weight excluding hydrogens is 405 g/mol. The summed E-state index contributed by atoms with van der Waals surface area (Å²) in [6.07, 6.45) is 1.62. The smallest absolute Gasteiger partial charge is 0.410 e. The summed E-state index contributed by atoms with van der Waals surface area (Å²) >= 11 is 0. The van der Waals surface area contributed by atoms with Crippen LogP contribution in [-0.2, 0) is 20.9 Å². The third kappa shape index (κ3) is 4.50. The van der Waals surface area contributed by atoms with E-state index in [2.05, 4.69) is 4.98 Å². The summed E-state index contributed by atoms with van der Waals surface area (Å²) in [5, 5.41) is 0. The Balaban J connectivity index is 1.36. The van der Waals surface area contributed by atoms with Gasteiger partial charge in [-0.05, 0) is 30.5 Å². The van der Waals surface area contributed by atoms with Gasteiger partial charge in [-0.3, -0.25) is 9.69 Å². The molecule has 2 aromatic rings. The molecule has 9 heteroatoms. The van der Waals surface area contributed by atoms with Gasteiger partial charge >= 0.3 is 12.1 Å². The van der Waals surface area contributed by atoms with Gasteiger partial charge in [0, 0.05) is 25.3 Å². The first kappa shape index (κ1) is 20.8. The number of amides is 2. The van der Waals surface area contributed by atoms with Crippen molar-refractivity contribution in [3.05, 3.63) is 65.7 Å². The molecule has 0 unspecified atom stereocenters. The molecule has 0 saturated carbocycles. The molecular formula is C22H22FN3O5. The molecule has 3 heterocycles. The second kappa shape index (κ2) is 9.11. The molecule has 0 N–H and O–H groups in total. The molecule has 8 nitrogen and oxygen atoms in total. The molecule has 31 heavy (non-hydrogen) atoms. The molecule has 162 valence electrons. The highest BCUT2D eigenvalue weighted by Gasteiger charge is 2.44. The number of aromatic nitrogens is 1. The van der Waals surface area contributed by atoms with Gasteiger partial charge < -0.3 is 14.4 Å². The van der Waals surface area contributed by atoms with Crippen molar-refractivity contribution in [3.8, 4) is 0 Å². The first-order valence-corrected chi connectivity index (χ1v) is 10.1. The topological polar surface area (TPSA) is 89.0 Å². The van der Waals surface area contributed by atoms with Crippen LogP contribution in [0.2, 0.25) is 0 Å². The molecule has 2 aliphatic rings. The van der Waals surface area contributed by atoms with Crippen LogP contribution in [0.4, 0.5) is 9.18 Å². The number of ether oxygens (including phenoxy) is 2. The van der Waals surface area contributed by atoms with E-state index in [1.165, 1.54) is 28.1 Å². The van der Waals surface area contributed by atoms with E-state index in [1.807, 2.05) is 30.3 Å². The van der Waals surface area contributed by atoms with E-state index in [1.54, 1.807) is 0 Å². The van der Waals surface area contributed by atoms with Crippen LogP contribution >= 0.6 is 0 Å². The molecule has 2 amide bonds. The SMILES string of the molecule is O=C(OCc1ccccc1)[C@@H]1COC(=O)N1C1CCN(C(=O)c2cccnc2F)CC1. The Morgan fingerprint density at radius 2 is 1.87 bits per heavy atom. The van der Waals surface area contributed by atoms with Gasteiger partial charge in [0.1, 0.15) is 13.2 Å². The predicted octanol–water partition coefficient (Wildman–Crippen LogP) is 2.39. The second-order valence-corrected chi connectivity index (χ2v) is 7.46. The fourth-order valence-corrected chi connectivity index (χ4v) is 3.91. The van der Waals surface area contributed by atoms with Crippen LogP contribution in [0.5, 0.6) is 0 Å². The minimum absolute atomic E-state index is 0.0630. The van der Waals surface area contributed by atoms with Gasteiger partial charge in [-0.1, -0.05) is 30.3 Å². The van der Waals surface area contributed by atoms with Crippen molar-refractivity contribution < 1.29 is 28.2 Å². The molecule has 1 aromatic heterocycles. The Morgan fingerprint density at radius 3 is 2.58 bits per heavy atom. The Hall–Kier alpha value is -3.49. The van der Waals surface area contributed by atoms with Crippen molar-refractivity contribution in [1.82, 2.24) is 14.8 Å².